The van der Waals surface area contributed by atoms with Crippen LogP contribution in [-0.2, 0) is 6.54 Å². The highest BCUT2D eigenvalue weighted by atomic mass is 79.9. The van der Waals surface area contributed by atoms with Gasteiger partial charge in [-0.1, -0.05) is 15.9 Å². The molecule has 18 heavy (non-hydrogen) atoms. The van der Waals surface area contributed by atoms with Crippen molar-refractivity contribution in [3.05, 3.63) is 49.9 Å². The highest BCUT2D eigenvalue weighted by Gasteiger charge is 2.08. The smallest absolute Gasteiger partial charge is 0.251 e. The molecule has 0 saturated heterocycles. The Morgan fingerprint density at radius 1 is 1.39 bits per heavy atom. The molecule has 1 N–H and O–H groups in total. The maximum Gasteiger partial charge on any atom is 0.251 e. The first-order valence-electron chi connectivity index (χ1n) is 5.50. The lowest BCUT2D eigenvalue weighted by Crippen LogP contribution is -2.22. The van der Waals surface area contributed by atoms with Gasteiger partial charge in [0.2, 0.25) is 0 Å². The van der Waals surface area contributed by atoms with E-state index in [-0.39, 0.29) is 5.91 Å². The average molecular weight is 325 g/mol. The molecule has 1 aromatic heterocycles. The second-order valence-electron chi connectivity index (χ2n) is 4.06. The first-order valence-corrected chi connectivity index (χ1v) is 7.18. The standard InChI is InChI=1S/C13H13BrN2OS/c1-8-3-10(5-11(14)4-8)13(17)15-6-12-9(2)16-7-18-12/h3-5,7H,6H2,1-2H3,(H,15,17). The zero-order valence-electron chi connectivity index (χ0n) is 10.2. The molecule has 0 fully saturated rings. The van der Waals surface area contributed by atoms with E-state index in [1.54, 1.807) is 16.8 Å². The number of rotatable bonds is 3. The van der Waals surface area contributed by atoms with Crippen molar-refractivity contribution in [2.45, 2.75) is 20.4 Å². The van der Waals surface area contributed by atoms with Gasteiger partial charge in [0.05, 0.1) is 17.7 Å². The Kier molecular flexibility index (Phi) is 4.14. The Labute approximate surface area is 118 Å². The predicted molar refractivity (Wildman–Crippen MR) is 76.9 cm³/mol. The lowest BCUT2D eigenvalue weighted by molar-refractivity contribution is 0.0951. The summed E-state index contributed by atoms with van der Waals surface area (Å²) in [6, 6.07) is 5.67. The summed E-state index contributed by atoms with van der Waals surface area (Å²) < 4.78 is 0.918. The molecular formula is C13H13BrN2OS. The van der Waals surface area contributed by atoms with Gasteiger partial charge in [0.15, 0.2) is 0 Å². The third kappa shape index (κ3) is 3.17. The van der Waals surface area contributed by atoms with E-state index in [0.29, 0.717) is 12.1 Å². The van der Waals surface area contributed by atoms with Gasteiger partial charge in [0.25, 0.3) is 5.91 Å². The number of aromatic nitrogens is 1. The summed E-state index contributed by atoms with van der Waals surface area (Å²) in [4.78, 5) is 17.3. The summed E-state index contributed by atoms with van der Waals surface area (Å²) in [5, 5.41) is 2.91. The second-order valence-corrected chi connectivity index (χ2v) is 5.92. The molecule has 0 saturated carbocycles. The van der Waals surface area contributed by atoms with Gasteiger partial charge in [-0.25, -0.2) is 4.98 Å². The minimum absolute atomic E-state index is 0.0628. The van der Waals surface area contributed by atoms with Crippen molar-refractivity contribution in [3.8, 4) is 0 Å². The van der Waals surface area contributed by atoms with Crippen molar-refractivity contribution < 1.29 is 4.79 Å². The van der Waals surface area contributed by atoms with E-state index in [4.69, 9.17) is 0 Å². The molecule has 2 rings (SSSR count). The quantitative estimate of drug-likeness (QED) is 0.939. The number of hydrogen-bond donors (Lipinski definition) is 1. The molecular weight excluding hydrogens is 312 g/mol. The van der Waals surface area contributed by atoms with E-state index in [1.165, 1.54) is 0 Å². The van der Waals surface area contributed by atoms with Crippen molar-refractivity contribution in [2.24, 2.45) is 0 Å². The van der Waals surface area contributed by atoms with E-state index in [2.05, 4.69) is 26.2 Å². The Balaban J connectivity index is 2.06. The fourth-order valence-electron chi connectivity index (χ4n) is 1.63. The number of benzene rings is 1. The van der Waals surface area contributed by atoms with Crippen LogP contribution in [0.5, 0.6) is 0 Å². The van der Waals surface area contributed by atoms with Gasteiger partial charge >= 0.3 is 0 Å². The lowest BCUT2D eigenvalue weighted by Gasteiger charge is -2.06. The molecule has 0 radical (unpaired) electrons. The Morgan fingerprint density at radius 2 is 2.17 bits per heavy atom. The van der Waals surface area contributed by atoms with Gasteiger partial charge in [0.1, 0.15) is 0 Å². The molecule has 0 aliphatic heterocycles. The molecule has 5 heteroatoms. The van der Waals surface area contributed by atoms with E-state index in [1.807, 2.05) is 32.0 Å². The predicted octanol–water partition coefficient (Wildman–Crippen LogP) is 3.45. The summed E-state index contributed by atoms with van der Waals surface area (Å²) in [6.07, 6.45) is 0. The lowest BCUT2D eigenvalue weighted by atomic mass is 10.1. The summed E-state index contributed by atoms with van der Waals surface area (Å²) in [6.45, 7) is 4.44. The molecule has 0 unspecified atom stereocenters. The number of amides is 1. The van der Waals surface area contributed by atoms with Gasteiger partial charge in [-0.2, -0.15) is 0 Å². The molecule has 0 spiro atoms. The third-order valence-electron chi connectivity index (χ3n) is 2.56. The Bertz CT molecular complexity index is 560. The molecule has 2 aromatic rings. The molecule has 0 atom stereocenters. The summed E-state index contributed by atoms with van der Waals surface area (Å²) in [5.41, 5.74) is 4.50. The van der Waals surface area contributed by atoms with Crippen LogP contribution < -0.4 is 5.32 Å². The SMILES string of the molecule is Cc1cc(Br)cc(C(=O)NCc2scnc2C)c1. The summed E-state index contributed by atoms with van der Waals surface area (Å²) in [7, 11) is 0. The third-order valence-corrected chi connectivity index (χ3v) is 3.95. The normalized spacial score (nSPS) is 10.4. The largest absolute Gasteiger partial charge is 0.347 e. The van der Waals surface area contributed by atoms with Crippen LogP contribution in [0.15, 0.2) is 28.2 Å². The van der Waals surface area contributed by atoms with Crippen LogP contribution in [0.1, 0.15) is 26.5 Å². The zero-order chi connectivity index (χ0) is 13.1. The highest BCUT2D eigenvalue weighted by molar-refractivity contribution is 9.10. The fourth-order valence-corrected chi connectivity index (χ4v) is 2.95. The maximum atomic E-state index is 12.0. The topological polar surface area (TPSA) is 42.0 Å². The molecule has 0 bridgehead atoms. The van der Waals surface area contributed by atoms with Gasteiger partial charge in [-0.3, -0.25) is 4.79 Å². The van der Waals surface area contributed by atoms with Crippen LogP contribution in [0.3, 0.4) is 0 Å². The molecule has 1 heterocycles. The molecule has 3 nitrogen and oxygen atoms in total. The molecule has 0 aliphatic carbocycles. The van der Waals surface area contributed by atoms with Crippen LogP contribution in [0.4, 0.5) is 0 Å². The fraction of sp³-hybridized carbons (Fsp3) is 0.231. The van der Waals surface area contributed by atoms with Gasteiger partial charge in [0, 0.05) is 14.9 Å². The number of nitrogens with one attached hydrogen (secondary N) is 1. The second kappa shape index (κ2) is 5.63. The Hall–Kier alpha value is -1.20. The van der Waals surface area contributed by atoms with Gasteiger partial charge in [-0.15, -0.1) is 11.3 Å². The molecule has 0 aliphatic rings. The first kappa shape index (κ1) is 13.2. The number of carbonyl (C=O) groups excluding carboxylic acids is 1. The van der Waals surface area contributed by atoms with E-state index in [9.17, 15) is 4.79 Å². The molecule has 1 aromatic carbocycles. The number of aryl methyl sites for hydroxylation is 2. The van der Waals surface area contributed by atoms with Crippen LogP contribution in [0.2, 0.25) is 0 Å². The van der Waals surface area contributed by atoms with Gasteiger partial charge < -0.3 is 5.32 Å². The van der Waals surface area contributed by atoms with Crippen LogP contribution in [-0.4, -0.2) is 10.9 Å². The average Bonchev–Trinajstić information content (AvgIpc) is 2.70. The van der Waals surface area contributed by atoms with Crippen LogP contribution in [0, 0.1) is 13.8 Å². The van der Waals surface area contributed by atoms with Crippen molar-refractivity contribution >= 4 is 33.2 Å². The number of carbonyl (C=O) groups is 1. The summed E-state index contributed by atoms with van der Waals surface area (Å²) >= 11 is 4.95. The van der Waals surface area contributed by atoms with E-state index >= 15 is 0 Å². The van der Waals surface area contributed by atoms with Gasteiger partial charge in [-0.05, 0) is 37.6 Å². The number of halogens is 1. The van der Waals surface area contributed by atoms with E-state index < -0.39 is 0 Å². The zero-order valence-corrected chi connectivity index (χ0v) is 12.6. The van der Waals surface area contributed by atoms with Crippen molar-refractivity contribution in [2.75, 3.05) is 0 Å². The molecule has 94 valence electrons. The van der Waals surface area contributed by atoms with Crippen LogP contribution >= 0.6 is 27.3 Å². The van der Waals surface area contributed by atoms with E-state index in [0.717, 1.165) is 20.6 Å². The van der Waals surface area contributed by atoms with Crippen molar-refractivity contribution in [1.29, 1.82) is 0 Å². The van der Waals surface area contributed by atoms with Crippen molar-refractivity contribution in [3.63, 3.8) is 0 Å². The monoisotopic (exact) mass is 324 g/mol. The number of hydrogen-bond acceptors (Lipinski definition) is 3. The van der Waals surface area contributed by atoms with Crippen LogP contribution in [0.25, 0.3) is 0 Å². The minimum atomic E-state index is -0.0628. The Morgan fingerprint density at radius 3 is 2.78 bits per heavy atom. The summed E-state index contributed by atoms with van der Waals surface area (Å²) in [5.74, 6) is -0.0628. The highest BCUT2D eigenvalue weighted by Crippen LogP contribution is 2.16. The van der Waals surface area contributed by atoms with Crippen molar-refractivity contribution in [1.82, 2.24) is 10.3 Å². The first-order chi connectivity index (χ1) is 8.56. The maximum absolute atomic E-state index is 12.0. The number of nitrogens with zero attached hydrogens (tertiary/aromatic N) is 1. The minimum Gasteiger partial charge on any atom is -0.347 e. The number of thiazole rings is 1. The molecule has 1 amide bonds.